The molecule has 0 atom stereocenters. The highest BCUT2D eigenvalue weighted by Crippen LogP contribution is 2.42. The van der Waals surface area contributed by atoms with Gasteiger partial charge in [-0.15, -0.1) is 0 Å². The maximum atomic E-state index is 5.69. The molecule has 0 fully saturated rings. The van der Waals surface area contributed by atoms with Crippen LogP contribution in [0.5, 0.6) is 17.2 Å². The molecule has 6 nitrogen and oxygen atoms in total. The Hall–Kier alpha value is -2.99. The fraction of sp³-hybridized carbons (Fsp3) is 0.348. The molecule has 0 bridgehead atoms. The lowest BCUT2D eigenvalue weighted by Gasteiger charge is -2.28. The smallest absolute Gasteiger partial charge is 0.161 e. The predicted octanol–water partition coefficient (Wildman–Crippen LogP) is 3.01. The van der Waals surface area contributed by atoms with Gasteiger partial charge in [-0.3, -0.25) is 4.99 Å². The third kappa shape index (κ3) is 3.13. The number of fused-ring (bicyclic) bond motifs is 4. The number of aryl methyl sites for hydroxylation is 2. The molecule has 1 aliphatic carbocycles. The van der Waals surface area contributed by atoms with E-state index in [1.807, 2.05) is 6.07 Å². The molecule has 2 N–H and O–H groups in total. The van der Waals surface area contributed by atoms with Gasteiger partial charge in [-0.05, 0) is 48.2 Å². The van der Waals surface area contributed by atoms with Crippen molar-refractivity contribution in [2.45, 2.75) is 19.9 Å². The highest BCUT2D eigenvalue weighted by molar-refractivity contribution is 5.81. The molecular formula is C23H27N3O3. The van der Waals surface area contributed by atoms with E-state index in [4.69, 9.17) is 24.9 Å². The number of aromatic nitrogens is 1. The largest absolute Gasteiger partial charge is 0.494 e. The number of benzene rings is 2. The Bertz CT molecular complexity index is 1100. The van der Waals surface area contributed by atoms with Crippen LogP contribution in [0.3, 0.4) is 0 Å². The zero-order valence-corrected chi connectivity index (χ0v) is 17.4. The minimum Gasteiger partial charge on any atom is -0.494 e. The van der Waals surface area contributed by atoms with Crippen molar-refractivity contribution in [1.82, 2.24) is 4.57 Å². The number of pyridine rings is 1. The Balaban J connectivity index is 2.01. The second-order valence-corrected chi connectivity index (χ2v) is 7.16. The molecule has 0 amide bonds. The van der Waals surface area contributed by atoms with Crippen LogP contribution in [0.4, 0.5) is 0 Å². The van der Waals surface area contributed by atoms with Crippen LogP contribution in [0, 0.1) is 6.92 Å². The maximum absolute atomic E-state index is 5.69. The molecule has 0 radical (unpaired) electrons. The number of rotatable bonds is 5. The molecule has 1 aromatic rings. The van der Waals surface area contributed by atoms with Gasteiger partial charge >= 0.3 is 0 Å². The van der Waals surface area contributed by atoms with Crippen LogP contribution >= 0.6 is 0 Å². The first-order chi connectivity index (χ1) is 14.1. The SMILES string of the molecule is COc1cc2c(cc1OC)-c1c(C)c3ccc(OC)c(=NCCN)c-3cn1CC2. The molecular weight excluding hydrogens is 366 g/mol. The van der Waals surface area contributed by atoms with Crippen LogP contribution in [0.15, 0.2) is 35.5 Å². The van der Waals surface area contributed by atoms with Crippen molar-refractivity contribution in [2.75, 3.05) is 34.4 Å². The molecule has 3 aliphatic rings. The highest BCUT2D eigenvalue weighted by Gasteiger charge is 2.24. The normalized spacial score (nSPS) is 13.2. The summed E-state index contributed by atoms with van der Waals surface area (Å²) in [5.74, 6) is 2.28. The molecule has 2 heterocycles. The minimum atomic E-state index is 0.506. The molecule has 0 unspecified atom stereocenters. The fourth-order valence-corrected chi connectivity index (χ4v) is 4.24. The molecule has 152 valence electrons. The number of hydrogen-bond donors (Lipinski definition) is 1. The minimum absolute atomic E-state index is 0.506. The molecule has 6 heteroatoms. The molecule has 29 heavy (non-hydrogen) atoms. The van der Waals surface area contributed by atoms with E-state index in [1.54, 1.807) is 21.3 Å². The zero-order chi connectivity index (χ0) is 20.5. The van der Waals surface area contributed by atoms with Crippen LogP contribution in [0.2, 0.25) is 0 Å². The van der Waals surface area contributed by atoms with Crippen molar-refractivity contribution in [1.29, 1.82) is 0 Å². The molecule has 4 rings (SSSR count). The van der Waals surface area contributed by atoms with Crippen LogP contribution in [0.1, 0.15) is 11.1 Å². The third-order valence-corrected chi connectivity index (χ3v) is 5.62. The molecule has 1 aromatic carbocycles. The molecule has 2 aliphatic heterocycles. The quantitative estimate of drug-likeness (QED) is 0.723. The third-order valence-electron chi connectivity index (χ3n) is 5.62. The van der Waals surface area contributed by atoms with Gasteiger partial charge in [0.25, 0.3) is 0 Å². The van der Waals surface area contributed by atoms with Crippen LogP contribution in [-0.2, 0) is 13.0 Å². The number of nitrogens with zero attached hydrogens (tertiary/aromatic N) is 2. The second-order valence-electron chi connectivity index (χ2n) is 7.16. The van der Waals surface area contributed by atoms with Crippen LogP contribution in [0.25, 0.3) is 22.4 Å². The first kappa shape index (κ1) is 19.3. The van der Waals surface area contributed by atoms with Gasteiger partial charge in [0, 0.05) is 30.4 Å². The fourth-order valence-electron chi connectivity index (χ4n) is 4.24. The van der Waals surface area contributed by atoms with Gasteiger partial charge in [-0.1, -0.05) is 6.07 Å². The van der Waals surface area contributed by atoms with Crippen molar-refractivity contribution in [3.05, 3.63) is 46.9 Å². The van der Waals surface area contributed by atoms with E-state index in [2.05, 4.69) is 35.9 Å². The number of nitrogens with two attached hydrogens (primary N) is 1. The Morgan fingerprint density at radius 2 is 1.69 bits per heavy atom. The monoisotopic (exact) mass is 393 g/mol. The Morgan fingerprint density at radius 1 is 0.966 bits per heavy atom. The summed E-state index contributed by atoms with van der Waals surface area (Å²) in [5.41, 5.74) is 12.8. The van der Waals surface area contributed by atoms with E-state index in [-0.39, 0.29) is 0 Å². The number of ether oxygens (including phenoxy) is 3. The average molecular weight is 393 g/mol. The summed E-state index contributed by atoms with van der Waals surface area (Å²) in [5, 5.41) is 0.868. The zero-order valence-electron chi connectivity index (χ0n) is 17.4. The lowest BCUT2D eigenvalue weighted by atomic mass is 9.89. The van der Waals surface area contributed by atoms with Gasteiger partial charge in [-0.2, -0.15) is 0 Å². The summed E-state index contributed by atoms with van der Waals surface area (Å²) in [7, 11) is 5.02. The maximum Gasteiger partial charge on any atom is 0.161 e. The standard InChI is InChI=1S/C23H27N3O3/c1-14-16-5-6-19(27-2)22(25-9-8-24)18(16)13-26-10-7-15-11-20(28-3)21(29-4)12-17(15)23(14)26/h5-6,11-13H,7-10,24H2,1-4H3. The topological polar surface area (TPSA) is 71.0 Å². The first-order valence-corrected chi connectivity index (χ1v) is 9.79. The first-order valence-electron chi connectivity index (χ1n) is 9.79. The lowest BCUT2D eigenvalue weighted by Crippen LogP contribution is -2.20. The number of hydrogen-bond acceptors (Lipinski definition) is 5. The van der Waals surface area contributed by atoms with E-state index in [0.29, 0.717) is 13.1 Å². The van der Waals surface area contributed by atoms with Gasteiger partial charge in [0.15, 0.2) is 11.5 Å². The summed E-state index contributed by atoms with van der Waals surface area (Å²) in [6, 6.07) is 8.28. The van der Waals surface area contributed by atoms with Crippen molar-refractivity contribution < 1.29 is 14.2 Å². The van der Waals surface area contributed by atoms with E-state index in [0.717, 1.165) is 46.7 Å². The van der Waals surface area contributed by atoms with Gasteiger partial charge in [-0.25, -0.2) is 0 Å². The lowest BCUT2D eigenvalue weighted by molar-refractivity contribution is 0.354. The molecule has 0 aromatic heterocycles. The summed E-state index contributed by atoms with van der Waals surface area (Å²) in [4.78, 5) is 4.71. The van der Waals surface area contributed by atoms with Crippen molar-refractivity contribution in [3.63, 3.8) is 0 Å². The van der Waals surface area contributed by atoms with E-state index >= 15 is 0 Å². The molecule has 0 saturated carbocycles. The Labute approximate surface area is 170 Å². The van der Waals surface area contributed by atoms with Gasteiger partial charge in [0.1, 0.15) is 11.1 Å². The van der Waals surface area contributed by atoms with Crippen molar-refractivity contribution in [2.24, 2.45) is 10.7 Å². The van der Waals surface area contributed by atoms with Crippen LogP contribution < -0.4 is 25.3 Å². The van der Waals surface area contributed by atoms with E-state index in [1.165, 1.54) is 22.4 Å². The Kier molecular flexibility index (Phi) is 5.20. The second kappa shape index (κ2) is 7.79. The van der Waals surface area contributed by atoms with Gasteiger partial charge < -0.3 is 24.5 Å². The van der Waals surface area contributed by atoms with Crippen LogP contribution in [-0.4, -0.2) is 39.0 Å². The summed E-state index contributed by atoms with van der Waals surface area (Å²) in [6.45, 7) is 4.13. The molecule has 0 spiro atoms. The van der Waals surface area contributed by atoms with Crippen molar-refractivity contribution in [3.8, 4) is 39.6 Å². The summed E-state index contributed by atoms with van der Waals surface area (Å²) in [6.07, 6.45) is 3.12. The van der Waals surface area contributed by atoms with E-state index < -0.39 is 0 Å². The Morgan fingerprint density at radius 3 is 2.38 bits per heavy atom. The summed E-state index contributed by atoms with van der Waals surface area (Å²) >= 11 is 0. The predicted molar refractivity (Wildman–Crippen MR) is 114 cm³/mol. The highest BCUT2D eigenvalue weighted by atomic mass is 16.5. The number of methoxy groups -OCH3 is 3. The van der Waals surface area contributed by atoms with Gasteiger partial charge in [0.05, 0.1) is 33.6 Å². The van der Waals surface area contributed by atoms with Crippen molar-refractivity contribution >= 4 is 0 Å². The average Bonchev–Trinajstić information content (AvgIpc) is 2.76. The van der Waals surface area contributed by atoms with Gasteiger partial charge in [0.2, 0.25) is 0 Å². The summed E-state index contributed by atoms with van der Waals surface area (Å²) < 4.78 is 18.9. The molecule has 0 saturated heterocycles. The van der Waals surface area contributed by atoms with E-state index in [9.17, 15) is 0 Å².